The quantitative estimate of drug-likeness (QED) is 0.649. The van der Waals surface area contributed by atoms with Crippen LogP contribution in [0.1, 0.15) is 37.7 Å². The van der Waals surface area contributed by atoms with Gasteiger partial charge in [0.15, 0.2) is 0 Å². The minimum Gasteiger partial charge on any atom is -0.0884 e. The first-order valence-electron chi connectivity index (χ1n) is 6.14. The zero-order valence-electron chi connectivity index (χ0n) is 9.46. The molecule has 0 amide bonds. The minimum atomic E-state index is 0.661. The minimum absolute atomic E-state index is 0.661. The molecule has 1 atom stereocenters. The van der Waals surface area contributed by atoms with Crippen molar-refractivity contribution in [1.29, 1.82) is 0 Å². The van der Waals surface area contributed by atoms with E-state index in [0.29, 0.717) is 4.83 Å². The number of benzene rings is 1. The van der Waals surface area contributed by atoms with Crippen molar-refractivity contribution in [3.05, 3.63) is 34.3 Å². The van der Waals surface area contributed by atoms with Crippen LogP contribution < -0.4 is 0 Å². The standard InChI is InChI=1S/C14H18Br2/c15-13-8-6-11(7-9-13)10-14(16)12-4-2-1-3-5-12/h6-9,12,14H,1-5,10H2. The normalized spacial score (nSPS) is 19.6. The molecule has 1 aliphatic carbocycles. The van der Waals surface area contributed by atoms with E-state index in [1.165, 1.54) is 42.1 Å². The molecule has 0 N–H and O–H groups in total. The van der Waals surface area contributed by atoms with Gasteiger partial charge in [-0.25, -0.2) is 0 Å². The molecule has 0 aliphatic heterocycles. The van der Waals surface area contributed by atoms with Crippen LogP contribution in [0.3, 0.4) is 0 Å². The highest BCUT2D eigenvalue weighted by Crippen LogP contribution is 2.32. The van der Waals surface area contributed by atoms with Gasteiger partial charge in [0.05, 0.1) is 0 Å². The molecule has 1 aromatic carbocycles. The van der Waals surface area contributed by atoms with Crippen LogP contribution in [0.25, 0.3) is 0 Å². The van der Waals surface area contributed by atoms with Crippen molar-refractivity contribution in [2.24, 2.45) is 5.92 Å². The van der Waals surface area contributed by atoms with Crippen LogP contribution in [0.5, 0.6) is 0 Å². The van der Waals surface area contributed by atoms with Crippen LogP contribution in [-0.4, -0.2) is 4.83 Å². The van der Waals surface area contributed by atoms with Gasteiger partial charge < -0.3 is 0 Å². The lowest BCUT2D eigenvalue weighted by Gasteiger charge is -2.26. The molecule has 1 fully saturated rings. The average molecular weight is 346 g/mol. The van der Waals surface area contributed by atoms with Gasteiger partial charge in [-0.2, -0.15) is 0 Å². The van der Waals surface area contributed by atoms with Gasteiger partial charge in [0.25, 0.3) is 0 Å². The third-order valence-electron chi connectivity index (χ3n) is 3.51. The van der Waals surface area contributed by atoms with Crippen molar-refractivity contribution in [1.82, 2.24) is 0 Å². The van der Waals surface area contributed by atoms with Crippen LogP contribution >= 0.6 is 31.9 Å². The highest BCUT2D eigenvalue weighted by atomic mass is 79.9. The Morgan fingerprint density at radius 2 is 1.69 bits per heavy atom. The Hall–Kier alpha value is 0.180. The highest BCUT2D eigenvalue weighted by molar-refractivity contribution is 9.10. The highest BCUT2D eigenvalue weighted by Gasteiger charge is 2.21. The monoisotopic (exact) mass is 344 g/mol. The van der Waals surface area contributed by atoms with Crippen LogP contribution in [0.2, 0.25) is 0 Å². The van der Waals surface area contributed by atoms with Crippen molar-refractivity contribution in [2.75, 3.05) is 0 Å². The molecule has 1 aliphatic rings. The second-order valence-corrected chi connectivity index (χ2v) is 6.84. The molecule has 1 unspecified atom stereocenters. The smallest absolute Gasteiger partial charge is 0.0214 e. The first-order valence-corrected chi connectivity index (χ1v) is 7.85. The number of halogens is 2. The summed E-state index contributed by atoms with van der Waals surface area (Å²) in [5.41, 5.74) is 1.44. The molecular weight excluding hydrogens is 328 g/mol. The lowest BCUT2D eigenvalue weighted by Crippen LogP contribution is -2.19. The summed E-state index contributed by atoms with van der Waals surface area (Å²) in [7, 11) is 0. The van der Waals surface area contributed by atoms with Gasteiger partial charge in [-0.15, -0.1) is 0 Å². The van der Waals surface area contributed by atoms with Gasteiger partial charge in [0, 0.05) is 9.30 Å². The zero-order chi connectivity index (χ0) is 11.4. The van der Waals surface area contributed by atoms with E-state index in [9.17, 15) is 0 Å². The summed E-state index contributed by atoms with van der Waals surface area (Å²) in [5, 5.41) is 0. The Labute approximate surface area is 115 Å². The van der Waals surface area contributed by atoms with Crippen molar-refractivity contribution < 1.29 is 0 Å². The molecule has 88 valence electrons. The van der Waals surface area contributed by atoms with Crippen molar-refractivity contribution >= 4 is 31.9 Å². The topological polar surface area (TPSA) is 0 Å². The summed E-state index contributed by atoms with van der Waals surface area (Å²) in [6.45, 7) is 0. The lowest BCUT2D eigenvalue weighted by atomic mass is 9.85. The van der Waals surface area contributed by atoms with Crippen LogP contribution in [-0.2, 0) is 6.42 Å². The third-order valence-corrected chi connectivity index (χ3v) is 5.11. The second-order valence-electron chi connectivity index (χ2n) is 4.74. The maximum absolute atomic E-state index is 3.88. The first-order chi connectivity index (χ1) is 7.75. The summed E-state index contributed by atoms with van der Waals surface area (Å²) < 4.78 is 1.17. The molecule has 1 saturated carbocycles. The predicted molar refractivity (Wildman–Crippen MR) is 77.1 cm³/mol. The van der Waals surface area contributed by atoms with Crippen LogP contribution in [0.4, 0.5) is 0 Å². The number of rotatable bonds is 3. The van der Waals surface area contributed by atoms with E-state index in [4.69, 9.17) is 0 Å². The van der Waals surface area contributed by atoms with E-state index >= 15 is 0 Å². The maximum atomic E-state index is 3.88. The number of alkyl halides is 1. The molecule has 0 heterocycles. The van der Waals surface area contributed by atoms with E-state index in [1.807, 2.05) is 0 Å². The molecule has 0 spiro atoms. The van der Waals surface area contributed by atoms with Gasteiger partial charge in [-0.3, -0.25) is 0 Å². The molecule has 1 aromatic rings. The molecule has 0 saturated heterocycles. The largest absolute Gasteiger partial charge is 0.0884 e. The van der Waals surface area contributed by atoms with Crippen molar-refractivity contribution in [3.63, 3.8) is 0 Å². The first kappa shape index (κ1) is 12.6. The molecule has 2 rings (SSSR count). The summed E-state index contributed by atoms with van der Waals surface area (Å²) in [4.78, 5) is 0.661. The Balaban J connectivity index is 1.90. The Morgan fingerprint density at radius 3 is 2.31 bits per heavy atom. The van der Waals surface area contributed by atoms with E-state index in [2.05, 4.69) is 56.1 Å². The fourth-order valence-electron chi connectivity index (χ4n) is 2.51. The van der Waals surface area contributed by atoms with Gasteiger partial charge in [-0.1, -0.05) is 63.3 Å². The molecule has 2 heteroatoms. The van der Waals surface area contributed by atoms with Gasteiger partial charge in [-0.05, 0) is 42.9 Å². The summed E-state index contributed by atoms with van der Waals surface area (Å²) in [5.74, 6) is 0.886. The van der Waals surface area contributed by atoms with Crippen molar-refractivity contribution in [3.8, 4) is 0 Å². The fourth-order valence-corrected chi connectivity index (χ4v) is 3.68. The molecular formula is C14H18Br2. The Morgan fingerprint density at radius 1 is 1.06 bits per heavy atom. The Bertz CT molecular complexity index is 312. The van der Waals surface area contributed by atoms with Gasteiger partial charge >= 0.3 is 0 Å². The lowest BCUT2D eigenvalue weighted by molar-refractivity contribution is 0.350. The van der Waals surface area contributed by atoms with E-state index < -0.39 is 0 Å². The van der Waals surface area contributed by atoms with Crippen LogP contribution in [0.15, 0.2) is 28.7 Å². The average Bonchev–Trinajstić information content (AvgIpc) is 2.33. The molecule has 0 radical (unpaired) electrons. The molecule has 0 bridgehead atoms. The SMILES string of the molecule is Brc1ccc(CC(Br)C2CCCCC2)cc1. The summed E-state index contributed by atoms with van der Waals surface area (Å²) in [6, 6.07) is 8.72. The maximum Gasteiger partial charge on any atom is 0.0214 e. The number of hydrogen-bond acceptors (Lipinski definition) is 0. The predicted octanol–water partition coefficient (Wildman–Crippen LogP) is 5.34. The van der Waals surface area contributed by atoms with Gasteiger partial charge in [0.2, 0.25) is 0 Å². The van der Waals surface area contributed by atoms with E-state index in [1.54, 1.807) is 0 Å². The van der Waals surface area contributed by atoms with E-state index in [0.717, 1.165) is 12.3 Å². The molecule has 0 aromatic heterocycles. The summed E-state index contributed by atoms with van der Waals surface area (Å²) in [6.07, 6.45) is 8.27. The van der Waals surface area contributed by atoms with Gasteiger partial charge in [0.1, 0.15) is 0 Å². The molecule has 16 heavy (non-hydrogen) atoms. The Kier molecular flexibility index (Phi) is 4.90. The van der Waals surface area contributed by atoms with E-state index in [-0.39, 0.29) is 0 Å². The third kappa shape index (κ3) is 3.59. The number of hydrogen-bond donors (Lipinski definition) is 0. The van der Waals surface area contributed by atoms with Crippen molar-refractivity contribution in [2.45, 2.75) is 43.4 Å². The fraction of sp³-hybridized carbons (Fsp3) is 0.571. The second kappa shape index (κ2) is 6.20. The van der Waals surface area contributed by atoms with Crippen LogP contribution in [0, 0.1) is 5.92 Å². The molecule has 0 nitrogen and oxygen atoms in total. The zero-order valence-corrected chi connectivity index (χ0v) is 12.6. The summed E-state index contributed by atoms with van der Waals surface area (Å²) >= 11 is 7.36.